The summed E-state index contributed by atoms with van der Waals surface area (Å²) in [5.74, 6) is -0.887. The maximum atomic E-state index is 10.9. The highest BCUT2D eigenvalue weighted by Crippen LogP contribution is 2.05. The van der Waals surface area contributed by atoms with E-state index in [-0.39, 0.29) is 0 Å². The van der Waals surface area contributed by atoms with Crippen LogP contribution in [0.1, 0.15) is 27.2 Å². The van der Waals surface area contributed by atoms with Crippen molar-refractivity contribution in [3.8, 4) is 0 Å². The molecule has 0 aromatic heterocycles. The molecule has 0 fully saturated rings. The molecule has 5 heteroatoms. The highest BCUT2D eigenvalue weighted by Gasteiger charge is 2.19. The highest BCUT2D eigenvalue weighted by atomic mass is 16.5. The highest BCUT2D eigenvalue weighted by molar-refractivity contribution is 5.72. The molecule has 0 aliphatic heterocycles. The van der Waals surface area contributed by atoms with Crippen molar-refractivity contribution in [3.63, 3.8) is 0 Å². The first-order valence-electron chi connectivity index (χ1n) is 6.10. The number of hydrogen-bond acceptors (Lipinski definition) is 4. The Bertz CT molecular complexity index is 209. The first-order valence-corrected chi connectivity index (χ1v) is 6.10. The lowest BCUT2D eigenvalue weighted by Crippen LogP contribution is -2.37. The van der Waals surface area contributed by atoms with Crippen LogP contribution in [0.2, 0.25) is 0 Å². The first-order chi connectivity index (χ1) is 8.02. The third kappa shape index (κ3) is 7.31. The predicted octanol–water partition coefficient (Wildman–Crippen LogP) is 1.22. The molecule has 0 radical (unpaired) electrons. The van der Waals surface area contributed by atoms with Crippen molar-refractivity contribution in [1.82, 2.24) is 4.90 Å². The number of carbonyl (C=O) groups is 1. The molecule has 0 saturated heterocycles. The van der Waals surface area contributed by atoms with Gasteiger partial charge in [0.1, 0.15) is 0 Å². The molecule has 1 atom stereocenters. The Morgan fingerprint density at radius 2 is 2.00 bits per heavy atom. The van der Waals surface area contributed by atoms with Crippen molar-refractivity contribution in [2.75, 3.05) is 33.4 Å². The van der Waals surface area contributed by atoms with Gasteiger partial charge in [0.15, 0.2) is 6.10 Å². The number of carboxylic acid groups (broad SMARTS) is 1. The van der Waals surface area contributed by atoms with Crippen LogP contribution >= 0.6 is 0 Å². The summed E-state index contributed by atoms with van der Waals surface area (Å²) in [5, 5.41) is 8.96. The summed E-state index contributed by atoms with van der Waals surface area (Å²) in [6, 6.07) is 0.376. The van der Waals surface area contributed by atoms with Gasteiger partial charge in [0.05, 0.1) is 6.61 Å². The topological polar surface area (TPSA) is 59.0 Å². The molecule has 0 aliphatic rings. The van der Waals surface area contributed by atoms with E-state index in [2.05, 4.69) is 18.7 Å². The van der Waals surface area contributed by atoms with E-state index in [1.165, 1.54) is 0 Å². The van der Waals surface area contributed by atoms with Crippen LogP contribution < -0.4 is 0 Å². The minimum Gasteiger partial charge on any atom is -0.479 e. The molecule has 0 amide bonds. The number of nitrogens with zero attached hydrogens (tertiary/aromatic N) is 1. The van der Waals surface area contributed by atoms with E-state index in [9.17, 15) is 4.79 Å². The van der Waals surface area contributed by atoms with E-state index in [1.807, 2.05) is 0 Å². The average Bonchev–Trinajstić information content (AvgIpc) is 2.26. The molecule has 5 nitrogen and oxygen atoms in total. The maximum Gasteiger partial charge on any atom is 0.332 e. The standard InChI is InChI=1S/C12H25NO4/c1-5-17-11(12(14)15)6-7-13(10(2)3)8-9-16-4/h10-11H,5-9H2,1-4H3,(H,14,15). The number of carboxylic acids is 1. The summed E-state index contributed by atoms with van der Waals surface area (Å²) in [6.07, 6.45) is -0.200. The lowest BCUT2D eigenvalue weighted by molar-refractivity contribution is -0.150. The molecule has 0 heterocycles. The van der Waals surface area contributed by atoms with E-state index in [4.69, 9.17) is 14.6 Å². The second-order valence-electron chi connectivity index (χ2n) is 4.19. The molecule has 0 saturated carbocycles. The fraction of sp³-hybridized carbons (Fsp3) is 0.917. The molecule has 1 N–H and O–H groups in total. The molecule has 0 rings (SSSR count). The van der Waals surface area contributed by atoms with E-state index < -0.39 is 12.1 Å². The van der Waals surface area contributed by atoms with Crippen LogP contribution in [-0.4, -0.2) is 61.5 Å². The van der Waals surface area contributed by atoms with Gasteiger partial charge in [-0.25, -0.2) is 4.79 Å². The Balaban J connectivity index is 4.11. The number of ether oxygens (including phenoxy) is 2. The van der Waals surface area contributed by atoms with Gasteiger partial charge < -0.3 is 14.6 Å². The van der Waals surface area contributed by atoms with Gasteiger partial charge in [-0.3, -0.25) is 4.90 Å². The lowest BCUT2D eigenvalue weighted by Gasteiger charge is -2.27. The van der Waals surface area contributed by atoms with Gasteiger partial charge in [0, 0.05) is 32.8 Å². The molecular weight excluding hydrogens is 222 g/mol. The largest absolute Gasteiger partial charge is 0.479 e. The van der Waals surface area contributed by atoms with Crippen LogP contribution in [0.3, 0.4) is 0 Å². The number of methoxy groups -OCH3 is 1. The van der Waals surface area contributed by atoms with E-state index >= 15 is 0 Å². The summed E-state index contributed by atoms with van der Waals surface area (Å²) in [4.78, 5) is 13.1. The zero-order valence-corrected chi connectivity index (χ0v) is 11.3. The molecule has 0 spiro atoms. The second kappa shape index (κ2) is 9.39. The SMILES string of the molecule is CCOC(CCN(CCOC)C(C)C)C(=O)O. The van der Waals surface area contributed by atoms with Gasteiger partial charge in [-0.1, -0.05) is 0 Å². The van der Waals surface area contributed by atoms with Crippen molar-refractivity contribution < 1.29 is 19.4 Å². The van der Waals surface area contributed by atoms with Crippen LogP contribution in [0.15, 0.2) is 0 Å². The van der Waals surface area contributed by atoms with Gasteiger partial charge in [0.25, 0.3) is 0 Å². The average molecular weight is 247 g/mol. The second-order valence-corrected chi connectivity index (χ2v) is 4.19. The van der Waals surface area contributed by atoms with Crippen molar-refractivity contribution >= 4 is 5.97 Å². The fourth-order valence-electron chi connectivity index (χ4n) is 1.60. The van der Waals surface area contributed by atoms with Gasteiger partial charge >= 0.3 is 5.97 Å². The Morgan fingerprint density at radius 3 is 2.41 bits per heavy atom. The third-order valence-electron chi connectivity index (χ3n) is 2.63. The van der Waals surface area contributed by atoms with E-state index in [1.54, 1.807) is 14.0 Å². The van der Waals surface area contributed by atoms with E-state index in [0.29, 0.717) is 32.2 Å². The minimum absolute atomic E-state index is 0.376. The molecule has 17 heavy (non-hydrogen) atoms. The Labute approximate surface area is 104 Å². The Hall–Kier alpha value is -0.650. The Morgan fingerprint density at radius 1 is 1.35 bits per heavy atom. The molecule has 102 valence electrons. The third-order valence-corrected chi connectivity index (χ3v) is 2.63. The van der Waals surface area contributed by atoms with Crippen LogP contribution in [0.4, 0.5) is 0 Å². The molecule has 0 aromatic rings. The molecule has 0 bridgehead atoms. The summed E-state index contributed by atoms with van der Waals surface area (Å²) in [6.45, 7) is 8.59. The van der Waals surface area contributed by atoms with Gasteiger partial charge in [0.2, 0.25) is 0 Å². The summed E-state index contributed by atoms with van der Waals surface area (Å²) in [5.41, 5.74) is 0. The van der Waals surface area contributed by atoms with Crippen molar-refractivity contribution in [2.24, 2.45) is 0 Å². The van der Waals surface area contributed by atoms with Crippen molar-refractivity contribution in [3.05, 3.63) is 0 Å². The summed E-state index contributed by atoms with van der Waals surface area (Å²) >= 11 is 0. The van der Waals surface area contributed by atoms with Gasteiger partial charge in [-0.05, 0) is 27.2 Å². The number of hydrogen-bond donors (Lipinski definition) is 1. The van der Waals surface area contributed by atoms with Gasteiger partial charge in [-0.15, -0.1) is 0 Å². The zero-order valence-electron chi connectivity index (χ0n) is 11.3. The molecule has 0 aromatic carbocycles. The van der Waals surface area contributed by atoms with Crippen LogP contribution in [-0.2, 0) is 14.3 Å². The molecule has 1 unspecified atom stereocenters. The fourth-order valence-corrected chi connectivity index (χ4v) is 1.60. The quantitative estimate of drug-likeness (QED) is 0.629. The van der Waals surface area contributed by atoms with Gasteiger partial charge in [-0.2, -0.15) is 0 Å². The van der Waals surface area contributed by atoms with Crippen molar-refractivity contribution in [2.45, 2.75) is 39.3 Å². The first kappa shape index (κ1) is 16.4. The van der Waals surface area contributed by atoms with E-state index in [0.717, 1.165) is 6.54 Å². The Kier molecular flexibility index (Phi) is 9.03. The van der Waals surface area contributed by atoms with Crippen LogP contribution in [0.5, 0.6) is 0 Å². The summed E-state index contributed by atoms with van der Waals surface area (Å²) in [7, 11) is 1.67. The summed E-state index contributed by atoms with van der Waals surface area (Å²) < 4.78 is 10.2. The molecular formula is C12H25NO4. The number of aliphatic carboxylic acids is 1. The predicted molar refractivity (Wildman–Crippen MR) is 66.3 cm³/mol. The monoisotopic (exact) mass is 247 g/mol. The smallest absolute Gasteiger partial charge is 0.332 e. The zero-order chi connectivity index (χ0) is 13.3. The number of rotatable bonds is 10. The minimum atomic E-state index is -0.887. The lowest BCUT2D eigenvalue weighted by atomic mass is 10.2. The normalized spacial score (nSPS) is 13.3. The van der Waals surface area contributed by atoms with Crippen LogP contribution in [0.25, 0.3) is 0 Å². The molecule has 0 aliphatic carbocycles. The maximum absolute atomic E-state index is 10.9. The van der Waals surface area contributed by atoms with Crippen LogP contribution in [0, 0.1) is 0 Å². The van der Waals surface area contributed by atoms with Crippen molar-refractivity contribution in [1.29, 1.82) is 0 Å².